The lowest BCUT2D eigenvalue weighted by Crippen LogP contribution is -2.52. The minimum atomic E-state index is -0.585. The minimum absolute atomic E-state index is 0.0889. The smallest absolute Gasteiger partial charge is 0.429 e. The topological polar surface area (TPSA) is 47.6 Å². The van der Waals surface area contributed by atoms with Crippen molar-refractivity contribution in [3.05, 3.63) is 12.2 Å². The normalized spacial score (nSPS) is 28.4. The molecule has 2 unspecified atom stereocenters. The molecular weight excluding hydrogens is 278 g/mol. The van der Waals surface area contributed by atoms with E-state index in [2.05, 4.69) is 39.1 Å². The van der Waals surface area contributed by atoms with E-state index in [0.29, 0.717) is 0 Å². The van der Waals surface area contributed by atoms with Crippen LogP contribution in [0.3, 0.4) is 0 Å². The van der Waals surface area contributed by atoms with Crippen molar-refractivity contribution in [3.63, 3.8) is 0 Å². The summed E-state index contributed by atoms with van der Waals surface area (Å²) >= 11 is 0. The second-order valence-electron chi connectivity index (χ2n) is 8.58. The lowest BCUT2D eigenvalue weighted by Gasteiger charge is -2.38. The maximum atomic E-state index is 11.7. The zero-order chi connectivity index (χ0) is 17.0. The number of carbonyl (C=O) groups excluding carboxylic acids is 1. The third-order valence-electron chi connectivity index (χ3n) is 3.45. The van der Waals surface area contributed by atoms with E-state index in [1.54, 1.807) is 0 Å². The average Bonchev–Trinajstić information content (AvgIpc) is 2.20. The van der Waals surface area contributed by atoms with Crippen LogP contribution in [0.25, 0.3) is 0 Å². The molecule has 1 aliphatic carbocycles. The van der Waals surface area contributed by atoms with Crippen LogP contribution in [0.15, 0.2) is 12.2 Å². The first kappa shape index (κ1) is 19.0. The molecule has 2 atom stereocenters. The number of rotatable bonds is 2. The van der Waals surface area contributed by atoms with E-state index < -0.39 is 11.8 Å². The van der Waals surface area contributed by atoms with Crippen molar-refractivity contribution in [1.29, 1.82) is 0 Å². The number of ether oxygens (including phenoxy) is 2. The second-order valence-corrected chi connectivity index (χ2v) is 8.58. The largest absolute Gasteiger partial charge is 0.509 e. The van der Waals surface area contributed by atoms with Crippen molar-refractivity contribution in [2.45, 2.75) is 96.9 Å². The van der Waals surface area contributed by atoms with Gasteiger partial charge in [-0.25, -0.2) is 4.79 Å². The van der Waals surface area contributed by atoms with Crippen LogP contribution in [0.1, 0.15) is 74.1 Å². The maximum absolute atomic E-state index is 11.7. The van der Waals surface area contributed by atoms with E-state index in [0.717, 1.165) is 25.7 Å². The van der Waals surface area contributed by atoms with Crippen molar-refractivity contribution in [1.82, 2.24) is 5.32 Å². The fourth-order valence-electron chi connectivity index (χ4n) is 2.89. The Balaban J connectivity index is 2.58. The highest BCUT2D eigenvalue weighted by molar-refractivity contribution is 5.61. The summed E-state index contributed by atoms with van der Waals surface area (Å²) in [5, 5.41) is 3.71. The molecular formula is C18H33NO3. The standard InChI is InChI=1S/C18H33NO3/c1-16(2,3)19-18(7)12-8-10-14(11-9-13-18)21-15(20)22-17(4,5)6/h8,10,14,19H,9,11-13H2,1-7H3/b10-8+. The monoisotopic (exact) mass is 311 g/mol. The fraction of sp³-hybridized carbons (Fsp3) is 0.833. The summed E-state index contributed by atoms with van der Waals surface area (Å²) < 4.78 is 10.6. The molecule has 0 radical (unpaired) electrons. The molecule has 0 heterocycles. The Hall–Kier alpha value is -1.03. The molecule has 4 nitrogen and oxygen atoms in total. The Morgan fingerprint density at radius 2 is 1.86 bits per heavy atom. The molecule has 4 heteroatoms. The highest BCUT2D eigenvalue weighted by Crippen LogP contribution is 2.26. The third kappa shape index (κ3) is 7.83. The van der Waals surface area contributed by atoms with Crippen LogP contribution in [-0.2, 0) is 9.47 Å². The van der Waals surface area contributed by atoms with Crippen LogP contribution < -0.4 is 5.32 Å². The molecule has 0 fully saturated rings. The van der Waals surface area contributed by atoms with E-state index in [1.807, 2.05) is 26.8 Å². The molecule has 0 aromatic rings. The van der Waals surface area contributed by atoms with Gasteiger partial charge in [0.05, 0.1) is 0 Å². The molecule has 0 amide bonds. The van der Waals surface area contributed by atoms with Gasteiger partial charge in [-0.2, -0.15) is 0 Å². The van der Waals surface area contributed by atoms with Gasteiger partial charge < -0.3 is 14.8 Å². The molecule has 0 aromatic heterocycles. The van der Waals surface area contributed by atoms with Crippen LogP contribution in [0, 0.1) is 0 Å². The van der Waals surface area contributed by atoms with Crippen LogP contribution in [0.5, 0.6) is 0 Å². The Kier molecular flexibility index (Phi) is 6.08. The van der Waals surface area contributed by atoms with Gasteiger partial charge >= 0.3 is 6.16 Å². The van der Waals surface area contributed by atoms with Crippen molar-refractivity contribution < 1.29 is 14.3 Å². The first-order chi connectivity index (χ1) is 9.89. The van der Waals surface area contributed by atoms with Gasteiger partial charge in [0.1, 0.15) is 11.7 Å². The number of hydrogen-bond acceptors (Lipinski definition) is 4. The highest BCUT2D eigenvalue weighted by atomic mass is 16.7. The quantitative estimate of drug-likeness (QED) is 0.599. The molecule has 0 saturated carbocycles. The Bertz CT molecular complexity index is 404. The zero-order valence-electron chi connectivity index (χ0n) is 15.3. The third-order valence-corrected chi connectivity index (χ3v) is 3.45. The van der Waals surface area contributed by atoms with Crippen molar-refractivity contribution in [3.8, 4) is 0 Å². The maximum Gasteiger partial charge on any atom is 0.509 e. The first-order valence-corrected chi connectivity index (χ1v) is 8.24. The zero-order valence-corrected chi connectivity index (χ0v) is 15.3. The number of nitrogens with one attached hydrogen (secondary N) is 1. The van der Waals surface area contributed by atoms with Gasteiger partial charge in [0.2, 0.25) is 0 Å². The fourth-order valence-corrected chi connectivity index (χ4v) is 2.89. The summed E-state index contributed by atoms with van der Waals surface area (Å²) in [6.45, 7) is 14.3. The van der Waals surface area contributed by atoms with Gasteiger partial charge in [-0.05, 0) is 80.2 Å². The van der Waals surface area contributed by atoms with Gasteiger partial charge in [0.15, 0.2) is 0 Å². The van der Waals surface area contributed by atoms with Gasteiger partial charge in [0, 0.05) is 11.1 Å². The summed E-state index contributed by atoms with van der Waals surface area (Å²) in [6.07, 6.45) is 7.17. The van der Waals surface area contributed by atoms with Crippen molar-refractivity contribution >= 4 is 6.16 Å². The van der Waals surface area contributed by atoms with E-state index in [4.69, 9.17) is 9.47 Å². The van der Waals surface area contributed by atoms with E-state index in [-0.39, 0.29) is 17.2 Å². The molecule has 1 N–H and O–H groups in total. The van der Waals surface area contributed by atoms with E-state index in [9.17, 15) is 4.79 Å². The SMILES string of the molecule is CC(C)(C)NC1(C)C/C=C/C(OC(=O)OC(C)(C)C)CCC1. The molecule has 0 spiro atoms. The Morgan fingerprint density at radius 1 is 1.23 bits per heavy atom. The van der Waals surface area contributed by atoms with E-state index >= 15 is 0 Å². The molecule has 128 valence electrons. The molecule has 0 bridgehead atoms. The van der Waals surface area contributed by atoms with Crippen molar-refractivity contribution in [2.24, 2.45) is 0 Å². The molecule has 1 aliphatic rings. The molecule has 0 aliphatic heterocycles. The van der Waals surface area contributed by atoms with Crippen LogP contribution in [0.4, 0.5) is 4.79 Å². The van der Waals surface area contributed by atoms with Crippen LogP contribution >= 0.6 is 0 Å². The van der Waals surface area contributed by atoms with Gasteiger partial charge in [-0.1, -0.05) is 6.08 Å². The molecule has 0 saturated heterocycles. The molecule has 1 rings (SSSR count). The predicted octanol–water partition coefficient (Wildman–Crippen LogP) is 4.58. The van der Waals surface area contributed by atoms with Gasteiger partial charge in [-0.15, -0.1) is 0 Å². The summed E-state index contributed by atoms with van der Waals surface area (Å²) in [5.41, 5.74) is -0.336. The van der Waals surface area contributed by atoms with Gasteiger partial charge in [0.25, 0.3) is 0 Å². The summed E-state index contributed by atoms with van der Waals surface area (Å²) in [5.74, 6) is 0. The summed E-state index contributed by atoms with van der Waals surface area (Å²) in [6, 6.07) is 0. The molecule has 0 aromatic carbocycles. The summed E-state index contributed by atoms with van der Waals surface area (Å²) in [7, 11) is 0. The Labute approximate surface area is 135 Å². The lowest BCUT2D eigenvalue weighted by molar-refractivity contribution is -0.0203. The average molecular weight is 311 g/mol. The Morgan fingerprint density at radius 3 is 2.41 bits per heavy atom. The minimum Gasteiger partial charge on any atom is -0.429 e. The number of carbonyl (C=O) groups is 1. The lowest BCUT2D eigenvalue weighted by atomic mass is 9.85. The summed E-state index contributed by atoms with van der Waals surface area (Å²) in [4.78, 5) is 11.7. The predicted molar refractivity (Wildman–Crippen MR) is 90.0 cm³/mol. The van der Waals surface area contributed by atoms with Crippen molar-refractivity contribution in [2.75, 3.05) is 0 Å². The molecule has 22 heavy (non-hydrogen) atoms. The van der Waals surface area contributed by atoms with E-state index in [1.165, 1.54) is 0 Å². The highest BCUT2D eigenvalue weighted by Gasteiger charge is 2.29. The second kappa shape index (κ2) is 7.03. The first-order valence-electron chi connectivity index (χ1n) is 8.24. The van der Waals surface area contributed by atoms with Gasteiger partial charge in [-0.3, -0.25) is 0 Å². The van der Waals surface area contributed by atoms with Crippen LogP contribution in [0.2, 0.25) is 0 Å². The number of hydrogen-bond donors (Lipinski definition) is 1. The van der Waals surface area contributed by atoms with Crippen LogP contribution in [-0.4, -0.2) is 28.9 Å².